The monoisotopic (exact) mass is 620 g/mol. The van der Waals surface area contributed by atoms with Crippen molar-refractivity contribution in [2.45, 2.75) is 70.7 Å². The van der Waals surface area contributed by atoms with E-state index in [2.05, 4.69) is 16.4 Å². The molecule has 2 aliphatic rings. The van der Waals surface area contributed by atoms with Crippen LogP contribution in [0.3, 0.4) is 0 Å². The minimum Gasteiger partial charge on any atom is -0.493 e. The van der Waals surface area contributed by atoms with E-state index in [1.807, 2.05) is 0 Å². The first-order valence-corrected chi connectivity index (χ1v) is 14.5. The largest absolute Gasteiger partial charge is 0.493 e. The van der Waals surface area contributed by atoms with Crippen molar-refractivity contribution in [2.75, 3.05) is 19.8 Å². The van der Waals surface area contributed by atoms with Crippen molar-refractivity contribution < 1.29 is 54.4 Å². The minimum atomic E-state index is -4.33. The maximum Gasteiger partial charge on any atom is 0.429 e. The van der Waals surface area contributed by atoms with Crippen LogP contribution in [0.25, 0.3) is 0 Å². The normalized spacial score (nSPS) is 22.6. The zero-order valence-corrected chi connectivity index (χ0v) is 23.7. The third kappa shape index (κ3) is 9.25. The van der Waals surface area contributed by atoms with Crippen molar-refractivity contribution in [1.82, 2.24) is 0 Å². The molecule has 2 fully saturated rings. The number of hydrogen-bond donors (Lipinski definition) is 0. The van der Waals surface area contributed by atoms with E-state index in [1.165, 1.54) is 19.3 Å². The lowest BCUT2D eigenvalue weighted by Crippen LogP contribution is -2.38. The van der Waals surface area contributed by atoms with Crippen LogP contribution in [0, 0.1) is 35.2 Å². The lowest BCUT2D eigenvalue weighted by Gasteiger charge is -2.37. The Kier molecular flexibility index (Phi) is 11.6. The SMILES string of the molecule is CCCCCC1COC(C2CCC(COc3ccc(C(F)(F)Oc4cc(F)c(OC=C(F)F)c(F)c4)c(F)c3)CC2)OC1. The first kappa shape index (κ1) is 32.9. The van der Waals surface area contributed by atoms with Crippen LogP contribution in [0.1, 0.15) is 63.9 Å². The Morgan fingerprint density at radius 2 is 1.53 bits per heavy atom. The Labute approximate surface area is 245 Å². The van der Waals surface area contributed by atoms with Crippen LogP contribution >= 0.6 is 0 Å². The van der Waals surface area contributed by atoms with Crippen LogP contribution in [0.15, 0.2) is 42.7 Å². The fourth-order valence-electron chi connectivity index (χ4n) is 5.36. The molecular weight excluding hydrogens is 585 g/mol. The van der Waals surface area contributed by atoms with Gasteiger partial charge in [0.1, 0.15) is 22.9 Å². The quantitative estimate of drug-likeness (QED) is 0.127. The molecule has 2 aromatic carbocycles. The molecule has 0 N–H and O–H groups in total. The molecule has 0 amide bonds. The molecule has 1 aliphatic heterocycles. The van der Waals surface area contributed by atoms with Crippen LogP contribution < -0.4 is 14.2 Å². The number of ether oxygens (including phenoxy) is 5. The average molecular weight is 621 g/mol. The van der Waals surface area contributed by atoms with E-state index < -0.39 is 46.7 Å². The second kappa shape index (κ2) is 15.1. The zero-order valence-electron chi connectivity index (χ0n) is 23.7. The fraction of sp³-hybridized carbons (Fsp3) is 0.548. The van der Waals surface area contributed by atoms with E-state index >= 15 is 0 Å². The molecule has 238 valence electrons. The summed E-state index contributed by atoms with van der Waals surface area (Å²) in [4.78, 5) is 0. The summed E-state index contributed by atoms with van der Waals surface area (Å²) in [5.41, 5.74) is -1.19. The van der Waals surface area contributed by atoms with Crippen LogP contribution in [-0.2, 0) is 15.6 Å². The molecule has 1 saturated heterocycles. The summed E-state index contributed by atoms with van der Waals surface area (Å²) in [6.07, 6.45) is 1.10. The van der Waals surface area contributed by atoms with Gasteiger partial charge < -0.3 is 23.7 Å². The van der Waals surface area contributed by atoms with Crippen molar-refractivity contribution in [3.8, 4) is 17.2 Å². The Hall–Kier alpha value is -2.99. The van der Waals surface area contributed by atoms with Gasteiger partial charge in [-0.2, -0.15) is 17.6 Å². The molecule has 0 atom stereocenters. The highest BCUT2D eigenvalue weighted by Gasteiger charge is 2.38. The second-order valence-corrected chi connectivity index (χ2v) is 11.0. The maximum atomic E-state index is 14.7. The van der Waals surface area contributed by atoms with Gasteiger partial charge in [-0.15, -0.1) is 0 Å². The van der Waals surface area contributed by atoms with Crippen molar-refractivity contribution >= 4 is 0 Å². The predicted octanol–water partition coefficient (Wildman–Crippen LogP) is 9.10. The molecule has 12 heteroatoms. The summed E-state index contributed by atoms with van der Waals surface area (Å²) in [6, 6.07) is 3.30. The lowest BCUT2D eigenvalue weighted by atomic mass is 9.82. The smallest absolute Gasteiger partial charge is 0.429 e. The van der Waals surface area contributed by atoms with Gasteiger partial charge >= 0.3 is 12.2 Å². The summed E-state index contributed by atoms with van der Waals surface area (Å²) < 4.78 is 123. The minimum absolute atomic E-state index is 0.0407. The van der Waals surface area contributed by atoms with Gasteiger partial charge in [-0.3, -0.25) is 0 Å². The highest BCUT2D eigenvalue weighted by molar-refractivity contribution is 5.37. The van der Waals surface area contributed by atoms with Gasteiger partial charge in [0.15, 0.2) is 29.9 Å². The molecule has 43 heavy (non-hydrogen) atoms. The van der Waals surface area contributed by atoms with Gasteiger partial charge in [-0.05, 0) is 50.2 Å². The van der Waals surface area contributed by atoms with E-state index in [1.54, 1.807) is 0 Å². The average Bonchev–Trinajstić information content (AvgIpc) is 2.96. The molecule has 1 saturated carbocycles. The Balaban J connectivity index is 1.25. The van der Waals surface area contributed by atoms with Crippen molar-refractivity contribution in [2.24, 2.45) is 17.8 Å². The molecule has 0 radical (unpaired) electrons. The van der Waals surface area contributed by atoms with E-state index in [0.29, 0.717) is 24.0 Å². The van der Waals surface area contributed by atoms with Crippen molar-refractivity contribution in [3.05, 3.63) is 65.7 Å². The van der Waals surface area contributed by atoms with Crippen LogP contribution in [0.4, 0.5) is 30.7 Å². The Morgan fingerprint density at radius 3 is 2.14 bits per heavy atom. The lowest BCUT2D eigenvalue weighted by molar-refractivity contribution is -0.230. The number of rotatable bonds is 13. The molecule has 0 bridgehead atoms. The molecule has 1 aliphatic carbocycles. The van der Waals surface area contributed by atoms with Crippen molar-refractivity contribution in [1.29, 1.82) is 0 Å². The third-order valence-corrected chi connectivity index (χ3v) is 7.71. The number of alkyl halides is 2. The molecule has 0 spiro atoms. The van der Waals surface area contributed by atoms with Gasteiger partial charge in [0.25, 0.3) is 0 Å². The van der Waals surface area contributed by atoms with E-state index in [9.17, 15) is 30.7 Å². The highest BCUT2D eigenvalue weighted by atomic mass is 19.3. The number of halogens is 7. The molecule has 5 nitrogen and oxygen atoms in total. The Morgan fingerprint density at radius 1 is 0.884 bits per heavy atom. The Bertz CT molecular complexity index is 1200. The predicted molar refractivity (Wildman–Crippen MR) is 142 cm³/mol. The van der Waals surface area contributed by atoms with Crippen LogP contribution in [-0.4, -0.2) is 26.1 Å². The van der Waals surface area contributed by atoms with Crippen molar-refractivity contribution in [3.63, 3.8) is 0 Å². The molecular formula is C31H35F7O5. The zero-order chi connectivity index (χ0) is 31.0. The van der Waals surface area contributed by atoms with E-state index in [0.717, 1.165) is 63.5 Å². The van der Waals surface area contributed by atoms with Crippen LogP contribution in [0.5, 0.6) is 17.2 Å². The first-order valence-electron chi connectivity index (χ1n) is 14.5. The van der Waals surface area contributed by atoms with E-state index in [-0.39, 0.29) is 30.8 Å². The highest BCUT2D eigenvalue weighted by Crippen LogP contribution is 2.38. The third-order valence-electron chi connectivity index (χ3n) is 7.71. The maximum absolute atomic E-state index is 14.7. The number of benzene rings is 2. The molecule has 1 heterocycles. The second-order valence-electron chi connectivity index (χ2n) is 11.0. The van der Waals surface area contributed by atoms with Gasteiger partial charge in [-0.1, -0.05) is 26.2 Å². The van der Waals surface area contributed by atoms with Gasteiger partial charge in [0.2, 0.25) is 0 Å². The summed E-state index contributed by atoms with van der Waals surface area (Å²) in [7, 11) is 0. The summed E-state index contributed by atoms with van der Waals surface area (Å²) in [6.45, 7) is 3.90. The van der Waals surface area contributed by atoms with Gasteiger partial charge in [0, 0.05) is 30.0 Å². The summed E-state index contributed by atoms with van der Waals surface area (Å²) in [5.74, 6) is -5.78. The first-order chi connectivity index (χ1) is 20.6. The number of unbranched alkanes of at least 4 members (excludes halogenated alkanes) is 2. The van der Waals surface area contributed by atoms with Gasteiger partial charge in [-0.25, -0.2) is 13.2 Å². The fourth-order valence-corrected chi connectivity index (χ4v) is 5.36. The van der Waals surface area contributed by atoms with Gasteiger partial charge in [0.05, 0.1) is 19.8 Å². The molecule has 0 aromatic heterocycles. The molecule has 4 rings (SSSR count). The topological polar surface area (TPSA) is 46.2 Å². The number of hydrogen-bond acceptors (Lipinski definition) is 5. The standard InChI is InChI=1S/C31H35F7O5/c1-2-3-4-5-20-16-41-30(42-17-20)21-8-6-19(7-9-21)15-39-22-10-11-24(25(32)12-22)31(37,38)43-23-13-26(33)29(27(34)14-23)40-18-28(35)36/h10-14,18-21,30H,2-9,15-17H2,1H3. The summed E-state index contributed by atoms with van der Waals surface area (Å²) >= 11 is 0. The molecule has 2 aromatic rings. The van der Waals surface area contributed by atoms with E-state index in [4.69, 9.17) is 14.2 Å². The van der Waals surface area contributed by atoms with Crippen LogP contribution in [0.2, 0.25) is 0 Å². The molecule has 0 unspecified atom stereocenters. The summed E-state index contributed by atoms with van der Waals surface area (Å²) in [5, 5.41) is 0.